The lowest BCUT2D eigenvalue weighted by molar-refractivity contribution is -0.144. The number of nitrogens with zero attached hydrogens (tertiary/aromatic N) is 6. The zero-order chi connectivity index (χ0) is 23.0. The highest BCUT2D eigenvalue weighted by Crippen LogP contribution is 2.34. The number of likely N-dealkylation sites (N-methyl/N-ethyl adjacent to an activating group) is 1. The topological polar surface area (TPSA) is 130 Å². The summed E-state index contributed by atoms with van der Waals surface area (Å²) < 4.78 is 19.2. The molecule has 33 heavy (non-hydrogen) atoms. The molecular weight excluding hydrogens is 429 g/mol. The van der Waals surface area contributed by atoms with Gasteiger partial charge < -0.3 is 19.8 Å². The van der Waals surface area contributed by atoms with Gasteiger partial charge in [-0.3, -0.25) is 4.79 Å². The third-order valence-corrected chi connectivity index (χ3v) is 5.35. The van der Waals surface area contributed by atoms with Crippen LogP contribution in [-0.2, 0) is 10.4 Å². The lowest BCUT2D eigenvalue weighted by Gasteiger charge is -2.16. The standard InChI is InChI=1S/C22H18FN7O3/c1-30-11-8-22(32,20(30)31)18-12-17(29-33-18)15-6-2-5-14(26-15)16-7-10-25-21(27-16)28-19-13(23)4-3-9-24-19/h2-7,9-10,12,32H,8,11H2,1H3,(H,24,25,27,28). The van der Waals surface area contributed by atoms with E-state index in [9.17, 15) is 14.3 Å². The molecule has 0 spiro atoms. The first-order chi connectivity index (χ1) is 15.9. The number of rotatable bonds is 5. The average molecular weight is 447 g/mol. The van der Waals surface area contributed by atoms with Gasteiger partial charge in [-0.2, -0.15) is 0 Å². The van der Waals surface area contributed by atoms with E-state index in [1.54, 1.807) is 31.3 Å². The lowest BCUT2D eigenvalue weighted by Crippen LogP contribution is -2.35. The Balaban J connectivity index is 1.42. The molecule has 1 unspecified atom stereocenters. The molecule has 0 aromatic carbocycles. The van der Waals surface area contributed by atoms with E-state index in [4.69, 9.17) is 4.52 Å². The molecule has 1 aliphatic heterocycles. The van der Waals surface area contributed by atoms with Crippen LogP contribution < -0.4 is 5.32 Å². The molecule has 11 heteroatoms. The fraction of sp³-hybridized carbons (Fsp3) is 0.182. The molecular formula is C22H18FN7O3. The number of carbonyl (C=O) groups excluding carboxylic acids is 1. The van der Waals surface area contributed by atoms with Crippen molar-refractivity contribution in [1.82, 2.24) is 30.0 Å². The van der Waals surface area contributed by atoms with Crippen molar-refractivity contribution in [2.24, 2.45) is 0 Å². The van der Waals surface area contributed by atoms with Crippen molar-refractivity contribution in [3.05, 3.63) is 66.4 Å². The summed E-state index contributed by atoms with van der Waals surface area (Å²) in [6, 6.07) is 11.2. The number of nitrogens with one attached hydrogen (secondary N) is 1. The molecule has 10 nitrogen and oxygen atoms in total. The Bertz CT molecular complexity index is 1340. The predicted octanol–water partition coefficient (Wildman–Crippen LogP) is 2.52. The molecule has 166 valence electrons. The quantitative estimate of drug-likeness (QED) is 0.474. The molecule has 0 radical (unpaired) electrons. The molecule has 2 N–H and O–H groups in total. The van der Waals surface area contributed by atoms with Crippen LogP contribution in [-0.4, -0.2) is 54.6 Å². The van der Waals surface area contributed by atoms with Crippen LogP contribution in [0.3, 0.4) is 0 Å². The zero-order valence-electron chi connectivity index (χ0n) is 17.4. The number of halogens is 1. The minimum absolute atomic E-state index is 0.0107. The average Bonchev–Trinajstić information content (AvgIpc) is 3.43. The first-order valence-electron chi connectivity index (χ1n) is 10.1. The smallest absolute Gasteiger partial charge is 0.262 e. The fourth-order valence-electron chi connectivity index (χ4n) is 3.54. The van der Waals surface area contributed by atoms with Gasteiger partial charge in [-0.1, -0.05) is 11.2 Å². The van der Waals surface area contributed by atoms with E-state index in [0.29, 0.717) is 29.3 Å². The number of pyridine rings is 2. The van der Waals surface area contributed by atoms with Crippen LogP contribution in [0.2, 0.25) is 0 Å². The van der Waals surface area contributed by atoms with Crippen LogP contribution in [0.1, 0.15) is 12.2 Å². The second-order valence-electron chi connectivity index (χ2n) is 7.55. The molecule has 0 aliphatic carbocycles. The molecule has 4 aromatic heterocycles. The second-order valence-corrected chi connectivity index (χ2v) is 7.55. The summed E-state index contributed by atoms with van der Waals surface area (Å²) in [4.78, 5) is 30.8. The maximum absolute atomic E-state index is 13.9. The molecule has 5 rings (SSSR count). The molecule has 5 heterocycles. The van der Waals surface area contributed by atoms with Gasteiger partial charge in [0.05, 0.1) is 17.1 Å². The number of carbonyl (C=O) groups is 1. The van der Waals surface area contributed by atoms with Gasteiger partial charge >= 0.3 is 0 Å². The highest BCUT2D eigenvalue weighted by atomic mass is 19.1. The summed E-state index contributed by atoms with van der Waals surface area (Å²) >= 11 is 0. The third-order valence-electron chi connectivity index (χ3n) is 5.35. The zero-order valence-corrected chi connectivity index (χ0v) is 17.4. The SMILES string of the molecule is CN1CCC(O)(c2cc(-c3cccc(-c4ccnc(Nc5ncccc5F)n4)n3)no2)C1=O. The monoisotopic (exact) mass is 447 g/mol. The number of aliphatic hydroxyl groups is 1. The van der Waals surface area contributed by atoms with Crippen molar-refractivity contribution in [1.29, 1.82) is 0 Å². The summed E-state index contributed by atoms with van der Waals surface area (Å²) in [5, 5.41) is 17.5. The summed E-state index contributed by atoms with van der Waals surface area (Å²) in [7, 11) is 1.62. The molecule has 0 bridgehead atoms. The van der Waals surface area contributed by atoms with Gasteiger partial charge in [-0.25, -0.2) is 24.3 Å². The van der Waals surface area contributed by atoms with Crippen LogP contribution in [0.15, 0.2) is 59.4 Å². The van der Waals surface area contributed by atoms with Gasteiger partial charge in [-0.05, 0) is 30.3 Å². The normalized spacial score (nSPS) is 18.0. The number of aromatic nitrogens is 5. The van der Waals surface area contributed by atoms with Crippen molar-refractivity contribution < 1.29 is 18.8 Å². The third kappa shape index (κ3) is 3.78. The van der Waals surface area contributed by atoms with Crippen LogP contribution in [0.5, 0.6) is 0 Å². The summed E-state index contributed by atoms with van der Waals surface area (Å²) in [5.41, 5.74) is 0.102. The van der Waals surface area contributed by atoms with E-state index in [1.165, 1.54) is 35.5 Å². The van der Waals surface area contributed by atoms with Crippen molar-refractivity contribution in [2.45, 2.75) is 12.0 Å². The molecule has 4 aromatic rings. The minimum Gasteiger partial charge on any atom is -0.373 e. The Kier molecular flexibility index (Phi) is 5.02. The van der Waals surface area contributed by atoms with E-state index >= 15 is 0 Å². The predicted molar refractivity (Wildman–Crippen MR) is 114 cm³/mol. The van der Waals surface area contributed by atoms with E-state index in [-0.39, 0.29) is 23.9 Å². The minimum atomic E-state index is -1.73. The van der Waals surface area contributed by atoms with Crippen molar-refractivity contribution in [3.8, 4) is 22.8 Å². The van der Waals surface area contributed by atoms with Crippen molar-refractivity contribution in [3.63, 3.8) is 0 Å². The van der Waals surface area contributed by atoms with Gasteiger partial charge in [0.2, 0.25) is 11.5 Å². The Hall–Kier alpha value is -4.25. The second kappa shape index (κ2) is 8.02. The van der Waals surface area contributed by atoms with Crippen LogP contribution in [0.4, 0.5) is 16.2 Å². The van der Waals surface area contributed by atoms with Gasteiger partial charge in [-0.15, -0.1) is 0 Å². The Morgan fingerprint density at radius 1 is 1.06 bits per heavy atom. The Morgan fingerprint density at radius 3 is 2.61 bits per heavy atom. The Labute approximate surface area is 187 Å². The van der Waals surface area contributed by atoms with Gasteiger partial charge in [0, 0.05) is 38.5 Å². The van der Waals surface area contributed by atoms with Gasteiger partial charge in [0.25, 0.3) is 5.91 Å². The maximum Gasteiger partial charge on any atom is 0.262 e. The first kappa shape index (κ1) is 20.6. The summed E-state index contributed by atoms with van der Waals surface area (Å²) in [6.45, 7) is 0.422. The molecule has 1 saturated heterocycles. The summed E-state index contributed by atoms with van der Waals surface area (Å²) in [5.74, 6) is -0.715. The van der Waals surface area contributed by atoms with E-state index in [1.807, 2.05) is 0 Å². The number of anilines is 2. The molecule has 1 atom stereocenters. The van der Waals surface area contributed by atoms with Gasteiger partial charge in [0.1, 0.15) is 5.69 Å². The number of amides is 1. The highest BCUT2D eigenvalue weighted by Gasteiger charge is 2.48. The Morgan fingerprint density at radius 2 is 1.85 bits per heavy atom. The van der Waals surface area contributed by atoms with E-state index in [2.05, 4.69) is 30.4 Å². The number of likely N-dealkylation sites (tertiary alicyclic amines) is 1. The van der Waals surface area contributed by atoms with Crippen LogP contribution in [0.25, 0.3) is 22.8 Å². The van der Waals surface area contributed by atoms with E-state index in [0.717, 1.165) is 0 Å². The highest BCUT2D eigenvalue weighted by molar-refractivity contribution is 5.87. The largest absolute Gasteiger partial charge is 0.373 e. The van der Waals surface area contributed by atoms with E-state index < -0.39 is 17.3 Å². The molecule has 1 amide bonds. The van der Waals surface area contributed by atoms with Crippen LogP contribution >= 0.6 is 0 Å². The number of hydrogen-bond acceptors (Lipinski definition) is 9. The van der Waals surface area contributed by atoms with Crippen molar-refractivity contribution >= 4 is 17.7 Å². The molecule has 1 aliphatic rings. The van der Waals surface area contributed by atoms with Gasteiger partial charge in [0.15, 0.2) is 17.4 Å². The lowest BCUT2D eigenvalue weighted by atomic mass is 9.98. The molecule has 0 saturated carbocycles. The van der Waals surface area contributed by atoms with Crippen molar-refractivity contribution in [2.75, 3.05) is 18.9 Å². The first-order valence-corrected chi connectivity index (χ1v) is 10.1. The fourth-order valence-corrected chi connectivity index (χ4v) is 3.54. The van der Waals surface area contributed by atoms with Crippen LogP contribution in [0, 0.1) is 5.82 Å². The summed E-state index contributed by atoms with van der Waals surface area (Å²) in [6.07, 6.45) is 3.20. The molecule has 1 fully saturated rings. The maximum atomic E-state index is 13.9. The number of hydrogen-bond donors (Lipinski definition) is 2.